The van der Waals surface area contributed by atoms with Crippen molar-refractivity contribution in [1.82, 2.24) is 0 Å². The second-order valence-electron chi connectivity index (χ2n) is 7.19. The molecule has 0 aromatic heterocycles. The van der Waals surface area contributed by atoms with Gasteiger partial charge in [0.05, 0.1) is 19.1 Å². The van der Waals surface area contributed by atoms with Crippen LogP contribution in [0, 0.1) is 12.8 Å². The van der Waals surface area contributed by atoms with Crippen molar-refractivity contribution in [3.05, 3.63) is 53.6 Å². The topological polar surface area (TPSA) is 53.0 Å². The molecular weight excluding hydrogens is 328 g/mol. The highest BCUT2D eigenvalue weighted by molar-refractivity contribution is 5.76. The fourth-order valence-electron chi connectivity index (χ4n) is 4.18. The van der Waals surface area contributed by atoms with Crippen molar-refractivity contribution in [1.29, 1.82) is 0 Å². The lowest BCUT2D eigenvalue weighted by molar-refractivity contribution is -0.142. The summed E-state index contributed by atoms with van der Waals surface area (Å²) in [6, 6.07) is 14.4. The molecular formula is C21H24N2O3. The van der Waals surface area contributed by atoms with Gasteiger partial charge in [-0.2, -0.15) is 0 Å². The van der Waals surface area contributed by atoms with Crippen LogP contribution in [0.2, 0.25) is 0 Å². The zero-order valence-corrected chi connectivity index (χ0v) is 15.2. The van der Waals surface area contributed by atoms with Gasteiger partial charge in [-0.1, -0.05) is 23.8 Å². The maximum absolute atomic E-state index is 12.0. The minimum atomic E-state index is -0.716. The van der Waals surface area contributed by atoms with Gasteiger partial charge >= 0.3 is 5.97 Å². The molecule has 1 N–H and O–H groups in total. The molecule has 2 unspecified atom stereocenters. The van der Waals surface area contributed by atoms with E-state index in [1.807, 2.05) is 18.2 Å². The molecule has 0 amide bonds. The molecule has 2 atom stereocenters. The van der Waals surface area contributed by atoms with Crippen molar-refractivity contribution in [2.45, 2.75) is 19.4 Å². The number of methoxy groups -OCH3 is 1. The quantitative estimate of drug-likeness (QED) is 0.920. The lowest BCUT2D eigenvalue weighted by atomic mass is 9.84. The number of aliphatic carboxylic acids is 1. The Hall–Kier alpha value is -2.69. The number of hydrogen-bond acceptors (Lipinski definition) is 4. The summed E-state index contributed by atoms with van der Waals surface area (Å²) in [6.07, 6.45) is 0.567. The highest BCUT2D eigenvalue weighted by Gasteiger charge is 2.41. The smallest absolute Gasteiger partial charge is 0.309 e. The van der Waals surface area contributed by atoms with Crippen molar-refractivity contribution < 1.29 is 14.6 Å². The summed E-state index contributed by atoms with van der Waals surface area (Å²) >= 11 is 0. The Kier molecular flexibility index (Phi) is 4.23. The van der Waals surface area contributed by atoms with Gasteiger partial charge in [-0.3, -0.25) is 4.79 Å². The van der Waals surface area contributed by atoms with Crippen LogP contribution in [0.4, 0.5) is 11.4 Å². The lowest BCUT2D eigenvalue weighted by Gasteiger charge is -2.49. The van der Waals surface area contributed by atoms with Gasteiger partial charge in [-0.25, -0.2) is 0 Å². The Morgan fingerprint density at radius 1 is 1.15 bits per heavy atom. The monoisotopic (exact) mass is 352 g/mol. The van der Waals surface area contributed by atoms with Gasteiger partial charge in [0.25, 0.3) is 0 Å². The fraction of sp³-hybridized carbons (Fsp3) is 0.381. The molecule has 0 radical (unpaired) electrons. The van der Waals surface area contributed by atoms with Crippen LogP contribution in [-0.4, -0.2) is 43.9 Å². The molecule has 1 saturated heterocycles. The van der Waals surface area contributed by atoms with Crippen LogP contribution >= 0.6 is 0 Å². The summed E-state index contributed by atoms with van der Waals surface area (Å²) in [7, 11) is 1.66. The second-order valence-corrected chi connectivity index (χ2v) is 7.19. The number of carbonyl (C=O) groups is 1. The summed E-state index contributed by atoms with van der Waals surface area (Å²) in [5.41, 5.74) is 4.61. The van der Waals surface area contributed by atoms with Crippen molar-refractivity contribution in [3.63, 3.8) is 0 Å². The van der Waals surface area contributed by atoms with Crippen LogP contribution in [0.15, 0.2) is 42.5 Å². The molecule has 2 aliphatic rings. The minimum absolute atomic E-state index is 0.0397. The van der Waals surface area contributed by atoms with Crippen molar-refractivity contribution >= 4 is 17.3 Å². The van der Waals surface area contributed by atoms with E-state index in [4.69, 9.17) is 4.74 Å². The molecule has 2 aromatic rings. The van der Waals surface area contributed by atoms with Gasteiger partial charge in [0.15, 0.2) is 0 Å². The SMILES string of the molecule is COc1ccc2c(c1)N1CCN(c3ccc(C)cc3)CC1C(C(=O)O)C2. The van der Waals surface area contributed by atoms with Crippen molar-refractivity contribution in [2.24, 2.45) is 5.92 Å². The van der Waals surface area contributed by atoms with E-state index in [2.05, 4.69) is 41.0 Å². The number of piperazine rings is 1. The first-order valence-electron chi connectivity index (χ1n) is 9.05. The van der Waals surface area contributed by atoms with Crippen LogP contribution in [0.1, 0.15) is 11.1 Å². The van der Waals surface area contributed by atoms with Crippen LogP contribution in [0.25, 0.3) is 0 Å². The van der Waals surface area contributed by atoms with Crippen LogP contribution in [0.5, 0.6) is 5.75 Å². The number of benzene rings is 2. The summed E-state index contributed by atoms with van der Waals surface area (Å²) < 4.78 is 5.38. The van der Waals surface area contributed by atoms with E-state index < -0.39 is 11.9 Å². The van der Waals surface area contributed by atoms with E-state index in [9.17, 15) is 9.90 Å². The molecule has 2 heterocycles. The zero-order chi connectivity index (χ0) is 18.3. The number of carboxylic acid groups (broad SMARTS) is 1. The molecule has 1 fully saturated rings. The van der Waals surface area contributed by atoms with Crippen LogP contribution < -0.4 is 14.5 Å². The molecule has 136 valence electrons. The van der Waals surface area contributed by atoms with Gasteiger partial charge in [-0.15, -0.1) is 0 Å². The van der Waals surface area contributed by atoms with Gasteiger partial charge in [-0.05, 0) is 37.1 Å². The average molecular weight is 352 g/mol. The van der Waals surface area contributed by atoms with E-state index in [1.54, 1.807) is 7.11 Å². The number of rotatable bonds is 3. The molecule has 4 rings (SSSR count). The molecule has 2 aromatic carbocycles. The highest BCUT2D eigenvalue weighted by Crippen LogP contribution is 2.38. The van der Waals surface area contributed by atoms with E-state index in [0.717, 1.165) is 42.3 Å². The standard InChI is InChI=1S/C21H24N2O3/c1-14-3-6-16(7-4-14)22-9-10-23-19-12-17(26-2)8-5-15(19)11-18(21(24)25)20(23)13-22/h3-8,12,18,20H,9-11,13H2,1-2H3,(H,24,25). The predicted octanol–water partition coefficient (Wildman–Crippen LogP) is 2.96. The third kappa shape index (κ3) is 2.87. The zero-order valence-electron chi connectivity index (χ0n) is 15.2. The van der Waals surface area contributed by atoms with Gasteiger partial charge in [0.1, 0.15) is 5.75 Å². The molecule has 2 aliphatic heterocycles. The van der Waals surface area contributed by atoms with Gasteiger partial charge < -0.3 is 19.6 Å². The Bertz CT molecular complexity index is 819. The summed E-state index contributed by atoms with van der Waals surface area (Å²) in [5.74, 6) is -0.298. The summed E-state index contributed by atoms with van der Waals surface area (Å²) in [6.45, 7) is 4.48. The number of carboxylic acids is 1. The second kappa shape index (κ2) is 6.56. The van der Waals surface area contributed by atoms with Gasteiger partial charge in [0.2, 0.25) is 0 Å². The summed E-state index contributed by atoms with van der Waals surface area (Å²) in [5, 5.41) is 9.83. The number of fused-ring (bicyclic) bond motifs is 3. The fourth-order valence-corrected chi connectivity index (χ4v) is 4.18. The molecule has 5 heteroatoms. The summed E-state index contributed by atoms with van der Waals surface area (Å²) in [4.78, 5) is 16.5. The number of anilines is 2. The van der Waals surface area contributed by atoms with Crippen LogP contribution in [-0.2, 0) is 11.2 Å². The third-order valence-corrected chi connectivity index (χ3v) is 5.64. The average Bonchev–Trinajstić information content (AvgIpc) is 2.67. The molecule has 0 aliphatic carbocycles. The first-order valence-corrected chi connectivity index (χ1v) is 9.05. The van der Waals surface area contributed by atoms with E-state index in [0.29, 0.717) is 6.42 Å². The Morgan fingerprint density at radius 3 is 2.62 bits per heavy atom. The Labute approximate surface area is 153 Å². The molecule has 0 saturated carbocycles. The number of hydrogen-bond donors (Lipinski definition) is 1. The number of nitrogens with zero attached hydrogens (tertiary/aromatic N) is 2. The lowest BCUT2D eigenvalue weighted by Crippen LogP contribution is -2.60. The van der Waals surface area contributed by atoms with E-state index in [1.165, 1.54) is 5.56 Å². The largest absolute Gasteiger partial charge is 0.497 e. The van der Waals surface area contributed by atoms with Crippen molar-refractivity contribution in [3.8, 4) is 5.75 Å². The highest BCUT2D eigenvalue weighted by atomic mass is 16.5. The van der Waals surface area contributed by atoms with E-state index >= 15 is 0 Å². The first-order chi connectivity index (χ1) is 12.6. The number of ether oxygens (including phenoxy) is 1. The third-order valence-electron chi connectivity index (χ3n) is 5.64. The molecule has 26 heavy (non-hydrogen) atoms. The van der Waals surface area contributed by atoms with Crippen molar-refractivity contribution in [2.75, 3.05) is 36.5 Å². The molecule has 5 nitrogen and oxygen atoms in total. The Balaban J connectivity index is 1.67. The first kappa shape index (κ1) is 16.8. The van der Waals surface area contributed by atoms with Crippen LogP contribution in [0.3, 0.4) is 0 Å². The van der Waals surface area contributed by atoms with E-state index in [-0.39, 0.29) is 6.04 Å². The Morgan fingerprint density at radius 2 is 1.92 bits per heavy atom. The number of aryl methyl sites for hydroxylation is 1. The van der Waals surface area contributed by atoms with Gasteiger partial charge in [0, 0.05) is 37.1 Å². The normalized spacial score (nSPS) is 21.8. The predicted molar refractivity (Wildman–Crippen MR) is 102 cm³/mol. The minimum Gasteiger partial charge on any atom is -0.497 e. The maximum atomic E-state index is 12.0. The maximum Gasteiger partial charge on any atom is 0.309 e. The molecule has 0 bridgehead atoms. The molecule has 0 spiro atoms.